The molecular formula is C16H16N2O6S. The molecule has 0 spiro atoms. The van der Waals surface area contributed by atoms with Gasteiger partial charge in [-0.1, -0.05) is 17.7 Å². The summed E-state index contributed by atoms with van der Waals surface area (Å²) >= 11 is 0. The highest BCUT2D eigenvalue weighted by Crippen LogP contribution is 2.29. The molecule has 0 aliphatic carbocycles. The average molecular weight is 364 g/mol. The van der Waals surface area contributed by atoms with Crippen molar-refractivity contribution in [3.8, 4) is 5.75 Å². The molecule has 0 aromatic heterocycles. The van der Waals surface area contributed by atoms with Gasteiger partial charge < -0.3 is 10.1 Å². The van der Waals surface area contributed by atoms with Crippen molar-refractivity contribution in [1.82, 2.24) is 0 Å². The number of aryl methyl sites for hydroxylation is 1. The van der Waals surface area contributed by atoms with Crippen LogP contribution in [0.15, 0.2) is 47.4 Å². The van der Waals surface area contributed by atoms with Crippen LogP contribution in [0.25, 0.3) is 0 Å². The van der Waals surface area contributed by atoms with E-state index in [0.29, 0.717) is 0 Å². The van der Waals surface area contributed by atoms with Crippen molar-refractivity contribution in [3.63, 3.8) is 0 Å². The van der Waals surface area contributed by atoms with Crippen molar-refractivity contribution < 1.29 is 22.9 Å². The number of nitro groups is 1. The lowest BCUT2D eigenvalue weighted by Gasteiger charge is -2.08. The van der Waals surface area contributed by atoms with Gasteiger partial charge in [-0.3, -0.25) is 14.9 Å². The highest BCUT2D eigenvalue weighted by molar-refractivity contribution is 7.92. The normalized spacial score (nSPS) is 11.0. The Balaban J connectivity index is 2.20. The molecule has 0 heterocycles. The first kappa shape index (κ1) is 18.4. The number of ether oxygens (including phenoxy) is 1. The number of nitrogens with one attached hydrogen (secondary N) is 1. The number of anilines is 1. The predicted molar refractivity (Wildman–Crippen MR) is 91.5 cm³/mol. The highest BCUT2D eigenvalue weighted by Gasteiger charge is 2.22. The third-order valence-electron chi connectivity index (χ3n) is 3.38. The molecule has 0 fully saturated rings. The second-order valence-electron chi connectivity index (χ2n) is 5.26. The number of hydrogen-bond acceptors (Lipinski definition) is 6. The largest absolute Gasteiger partial charge is 0.496 e. The standard InChI is InChI=1S/C16H16N2O6S/c1-11-3-6-13(7-4-11)25(22,23)10-16(19)17-14-8-5-12(24-2)9-15(14)18(20)21/h3-9H,10H2,1-2H3,(H,17,19). The Hall–Kier alpha value is -2.94. The first-order valence-corrected chi connectivity index (χ1v) is 8.80. The van der Waals surface area contributed by atoms with Crippen LogP contribution in [0.1, 0.15) is 5.56 Å². The number of rotatable bonds is 6. The van der Waals surface area contributed by atoms with E-state index in [1.165, 1.54) is 31.4 Å². The summed E-state index contributed by atoms with van der Waals surface area (Å²) in [6.45, 7) is 1.81. The molecule has 0 bridgehead atoms. The number of nitrogens with zero attached hydrogens (tertiary/aromatic N) is 1. The van der Waals surface area contributed by atoms with E-state index in [9.17, 15) is 23.3 Å². The predicted octanol–water partition coefficient (Wildman–Crippen LogP) is 2.32. The van der Waals surface area contributed by atoms with E-state index in [2.05, 4.69) is 5.32 Å². The Morgan fingerprint density at radius 2 is 1.84 bits per heavy atom. The third kappa shape index (κ3) is 4.54. The van der Waals surface area contributed by atoms with Crippen LogP contribution in [-0.2, 0) is 14.6 Å². The van der Waals surface area contributed by atoms with Crippen LogP contribution < -0.4 is 10.1 Å². The summed E-state index contributed by atoms with van der Waals surface area (Å²) in [5, 5.41) is 13.4. The number of nitro benzene ring substituents is 1. The SMILES string of the molecule is COc1ccc(NC(=O)CS(=O)(=O)c2ccc(C)cc2)c([N+](=O)[O-])c1. The smallest absolute Gasteiger partial charge is 0.296 e. The molecule has 1 N–H and O–H groups in total. The first-order chi connectivity index (χ1) is 11.7. The number of carbonyl (C=O) groups excluding carboxylic acids is 1. The van der Waals surface area contributed by atoms with Gasteiger partial charge in [0.1, 0.15) is 17.2 Å². The summed E-state index contributed by atoms with van der Waals surface area (Å²) in [5.74, 6) is -1.44. The molecule has 2 aromatic carbocycles. The molecule has 9 heteroatoms. The van der Waals surface area contributed by atoms with Gasteiger partial charge in [0.2, 0.25) is 5.91 Å². The van der Waals surface area contributed by atoms with Gasteiger partial charge in [0, 0.05) is 0 Å². The fraction of sp³-hybridized carbons (Fsp3) is 0.188. The van der Waals surface area contributed by atoms with Crippen LogP contribution in [0.4, 0.5) is 11.4 Å². The van der Waals surface area contributed by atoms with E-state index in [1.54, 1.807) is 12.1 Å². The maximum atomic E-state index is 12.2. The van der Waals surface area contributed by atoms with Crippen LogP contribution in [0.2, 0.25) is 0 Å². The van der Waals surface area contributed by atoms with Gasteiger partial charge >= 0.3 is 0 Å². The Bertz CT molecular complexity index is 907. The maximum Gasteiger partial charge on any atom is 0.296 e. The second-order valence-corrected chi connectivity index (χ2v) is 7.25. The summed E-state index contributed by atoms with van der Waals surface area (Å²) < 4.78 is 29.4. The van der Waals surface area contributed by atoms with Crippen molar-refractivity contribution >= 4 is 27.1 Å². The van der Waals surface area contributed by atoms with Gasteiger partial charge in [-0.25, -0.2) is 8.42 Å². The number of amides is 1. The topological polar surface area (TPSA) is 116 Å². The molecule has 8 nitrogen and oxygen atoms in total. The molecule has 0 atom stereocenters. The van der Waals surface area contributed by atoms with Crippen molar-refractivity contribution in [3.05, 3.63) is 58.1 Å². The molecule has 2 rings (SSSR count). The fourth-order valence-corrected chi connectivity index (χ4v) is 3.22. The van der Waals surface area contributed by atoms with E-state index in [1.807, 2.05) is 6.92 Å². The summed E-state index contributed by atoms with van der Waals surface area (Å²) in [7, 11) is -2.50. The zero-order valence-electron chi connectivity index (χ0n) is 13.6. The number of sulfone groups is 1. The molecule has 0 unspecified atom stereocenters. The Morgan fingerprint density at radius 3 is 2.40 bits per heavy atom. The molecule has 25 heavy (non-hydrogen) atoms. The third-order valence-corrected chi connectivity index (χ3v) is 5.01. The van der Waals surface area contributed by atoms with Gasteiger partial charge in [-0.05, 0) is 31.2 Å². The molecular weight excluding hydrogens is 348 g/mol. The molecule has 132 valence electrons. The Labute approximate surface area is 144 Å². The molecule has 0 radical (unpaired) electrons. The lowest BCUT2D eigenvalue weighted by molar-refractivity contribution is -0.384. The van der Waals surface area contributed by atoms with Crippen molar-refractivity contribution in [2.24, 2.45) is 0 Å². The molecule has 0 aliphatic rings. The van der Waals surface area contributed by atoms with Crippen molar-refractivity contribution in [2.45, 2.75) is 11.8 Å². The average Bonchev–Trinajstić information content (AvgIpc) is 2.54. The lowest BCUT2D eigenvalue weighted by atomic mass is 10.2. The first-order valence-electron chi connectivity index (χ1n) is 7.14. The quantitative estimate of drug-likeness (QED) is 0.621. The van der Waals surface area contributed by atoms with Crippen LogP contribution in [0.5, 0.6) is 5.75 Å². The molecule has 1 amide bonds. The Morgan fingerprint density at radius 1 is 1.20 bits per heavy atom. The Kier molecular flexibility index (Phi) is 5.38. The van der Waals surface area contributed by atoms with E-state index in [4.69, 9.17) is 4.74 Å². The molecule has 0 saturated carbocycles. The van der Waals surface area contributed by atoms with Crippen LogP contribution in [-0.4, -0.2) is 32.1 Å². The van der Waals surface area contributed by atoms with Crippen LogP contribution in [0, 0.1) is 17.0 Å². The summed E-state index contributed by atoms with van der Waals surface area (Å²) in [6, 6.07) is 9.92. The van der Waals surface area contributed by atoms with Gasteiger partial charge in [-0.15, -0.1) is 0 Å². The van der Waals surface area contributed by atoms with Gasteiger partial charge in [0.15, 0.2) is 9.84 Å². The van der Waals surface area contributed by atoms with E-state index < -0.39 is 26.4 Å². The number of hydrogen-bond donors (Lipinski definition) is 1. The zero-order chi connectivity index (χ0) is 18.6. The minimum absolute atomic E-state index is 0.0116. The van der Waals surface area contributed by atoms with Crippen molar-refractivity contribution in [2.75, 3.05) is 18.2 Å². The number of benzene rings is 2. The fourth-order valence-electron chi connectivity index (χ4n) is 2.08. The number of carbonyl (C=O) groups is 1. The zero-order valence-corrected chi connectivity index (χ0v) is 14.4. The summed E-state index contributed by atoms with van der Waals surface area (Å²) in [4.78, 5) is 22.5. The molecule has 2 aromatic rings. The molecule has 0 saturated heterocycles. The maximum absolute atomic E-state index is 12.2. The summed E-state index contributed by atoms with van der Waals surface area (Å²) in [6.07, 6.45) is 0. The highest BCUT2D eigenvalue weighted by atomic mass is 32.2. The minimum atomic E-state index is -3.85. The van der Waals surface area contributed by atoms with Gasteiger partial charge in [0.25, 0.3) is 5.69 Å². The monoisotopic (exact) mass is 364 g/mol. The van der Waals surface area contributed by atoms with E-state index >= 15 is 0 Å². The van der Waals surface area contributed by atoms with E-state index in [0.717, 1.165) is 11.6 Å². The van der Waals surface area contributed by atoms with Crippen LogP contribution >= 0.6 is 0 Å². The van der Waals surface area contributed by atoms with E-state index in [-0.39, 0.29) is 22.0 Å². The second kappa shape index (κ2) is 7.31. The van der Waals surface area contributed by atoms with Gasteiger partial charge in [-0.2, -0.15) is 0 Å². The lowest BCUT2D eigenvalue weighted by Crippen LogP contribution is -2.23. The minimum Gasteiger partial charge on any atom is -0.496 e. The summed E-state index contributed by atoms with van der Waals surface area (Å²) in [5.41, 5.74) is 0.396. The van der Waals surface area contributed by atoms with Gasteiger partial charge in [0.05, 0.1) is 23.0 Å². The number of methoxy groups -OCH3 is 1. The molecule has 0 aliphatic heterocycles. The van der Waals surface area contributed by atoms with Crippen LogP contribution in [0.3, 0.4) is 0 Å². The van der Waals surface area contributed by atoms with Crippen molar-refractivity contribution in [1.29, 1.82) is 0 Å².